The minimum atomic E-state index is -2.85. The smallest absolute Gasteiger partial charge is 0.278 e. The summed E-state index contributed by atoms with van der Waals surface area (Å²) >= 11 is 1.32. The number of anilines is 1. The van der Waals surface area contributed by atoms with Crippen LogP contribution in [-0.4, -0.2) is 16.8 Å². The molecule has 0 aliphatic carbocycles. The van der Waals surface area contributed by atoms with Crippen LogP contribution in [0.1, 0.15) is 15.9 Å². The molecule has 6 rings (SSSR count). The van der Waals surface area contributed by atoms with E-state index in [-0.39, 0.29) is 11.6 Å². The van der Waals surface area contributed by atoms with E-state index in [0.29, 0.717) is 10.7 Å². The topological polar surface area (TPSA) is 71.1 Å². The van der Waals surface area contributed by atoms with Crippen LogP contribution in [0.2, 0.25) is 0 Å². The number of hydrogen-bond acceptors (Lipinski definition) is 4. The molecule has 1 heterocycles. The molecule has 0 aliphatic rings. The van der Waals surface area contributed by atoms with Crippen LogP contribution in [0.15, 0.2) is 169 Å². The minimum absolute atomic E-state index is 0.171. The van der Waals surface area contributed by atoms with Crippen LogP contribution in [-0.2, 0) is 4.79 Å². The molecule has 6 aromatic rings. The first kappa shape index (κ1) is 28.9. The zero-order valence-electron chi connectivity index (χ0n) is 23.7. The summed E-state index contributed by atoms with van der Waals surface area (Å²) in [6.07, 6.45) is 1.64. The van der Waals surface area contributed by atoms with Gasteiger partial charge in [-0.15, -0.1) is 11.3 Å². The van der Waals surface area contributed by atoms with Gasteiger partial charge < -0.3 is 5.32 Å². The van der Waals surface area contributed by atoms with Crippen LogP contribution < -0.4 is 26.5 Å². The lowest BCUT2D eigenvalue weighted by Gasteiger charge is -2.31. The van der Waals surface area contributed by atoms with Gasteiger partial charge in [0, 0.05) is 22.7 Å². The van der Waals surface area contributed by atoms with Crippen LogP contribution in [0.25, 0.3) is 5.31 Å². The van der Waals surface area contributed by atoms with Crippen molar-refractivity contribution < 1.29 is 9.59 Å². The van der Waals surface area contributed by atoms with Gasteiger partial charge in [0.05, 0.1) is 0 Å². The monoisotopic (exact) mass is 610 g/mol. The van der Waals surface area contributed by atoms with Gasteiger partial charge in [-0.3, -0.25) is 14.9 Å². The van der Waals surface area contributed by atoms with Crippen molar-refractivity contribution in [3.63, 3.8) is 0 Å². The van der Waals surface area contributed by atoms with Crippen LogP contribution in [0.3, 0.4) is 0 Å². The normalized spacial score (nSPS) is 11.7. The first-order valence-electron chi connectivity index (χ1n) is 14.1. The second kappa shape index (κ2) is 13.4. The largest absolute Gasteiger partial charge is 0.314 e. The van der Waals surface area contributed by atoms with E-state index >= 15 is 0 Å². The SMILES string of the molecule is O=C(Nc1nccs1)/C(NC(=O)c1ccccc1)=C(\c1ccccc1)[P+](c1ccccc1)(c1ccccc1)c1ccccc1. The summed E-state index contributed by atoms with van der Waals surface area (Å²) in [6.45, 7) is 0. The Hall–Kier alpha value is -5.16. The molecule has 0 saturated carbocycles. The number of carbonyl (C=O) groups excluding carboxylic acids is 2. The molecule has 7 heteroatoms. The molecule has 44 heavy (non-hydrogen) atoms. The second-order valence-corrected chi connectivity index (χ2v) is 14.1. The van der Waals surface area contributed by atoms with E-state index in [2.05, 4.69) is 52.0 Å². The van der Waals surface area contributed by atoms with Crippen molar-refractivity contribution in [1.29, 1.82) is 0 Å². The van der Waals surface area contributed by atoms with Gasteiger partial charge in [-0.1, -0.05) is 103 Å². The summed E-state index contributed by atoms with van der Waals surface area (Å²) in [7, 11) is -2.85. The summed E-state index contributed by atoms with van der Waals surface area (Å²) in [5.74, 6) is -0.828. The van der Waals surface area contributed by atoms with Gasteiger partial charge in [-0.2, -0.15) is 0 Å². The molecule has 0 atom stereocenters. The first-order valence-corrected chi connectivity index (χ1v) is 16.8. The molecule has 0 radical (unpaired) electrons. The number of rotatable bonds is 9. The average Bonchev–Trinajstić information content (AvgIpc) is 3.61. The van der Waals surface area contributed by atoms with E-state index in [0.717, 1.165) is 26.8 Å². The van der Waals surface area contributed by atoms with Crippen molar-refractivity contribution in [1.82, 2.24) is 10.3 Å². The van der Waals surface area contributed by atoms with Crippen molar-refractivity contribution in [3.8, 4) is 0 Å². The Morgan fingerprint density at radius 3 is 1.43 bits per heavy atom. The third-order valence-corrected chi connectivity index (χ3v) is 12.3. The third-order valence-electron chi connectivity index (χ3n) is 7.20. The third kappa shape index (κ3) is 5.86. The number of hydrogen-bond donors (Lipinski definition) is 2. The van der Waals surface area contributed by atoms with Crippen LogP contribution in [0.5, 0.6) is 0 Å². The van der Waals surface area contributed by atoms with Gasteiger partial charge in [-0.05, 0) is 48.5 Å². The highest BCUT2D eigenvalue weighted by molar-refractivity contribution is 8.03. The highest BCUT2D eigenvalue weighted by Gasteiger charge is 2.52. The Labute approximate surface area is 261 Å². The number of amides is 2. The summed E-state index contributed by atoms with van der Waals surface area (Å²) < 4.78 is 0. The molecule has 0 spiro atoms. The summed E-state index contributed by atoms with van der Waals surface area (Å²) in [4.78, 5) is 32.7. The minimum Gasteiger partial charge on any atom is -0.314 e. The number of thiazole rings is 1. The lowest BCUT2D eigenvalue weighted by atomic mass is 10.1. The molecule has 2 amide bonds. The standard InChI is InChI=1S/C37H28N3O2PS/c41-35(29-18-8-2-9-19-29)39-33(36(42)40-37-38-26-27-44-37)34(28-16-6-1-7-17-28)43(30-20-10-3-11-21-30,31-22-12-4-13-23-31)32-24-14-5-15-25-32/h1-27H,(H-,38,39,40,41,42)/p+1/b34-33-. The molecule has 1 aromatic heterocycles. The van der Waals surface area contributed by atoms with Crippen LogP contribution in [0, 0.1) is 0 Å². The number of aromatic nitrogens is 1. The van der Waals surface area contributed by atoms with Gasteiger partial charge >= 0.3 is 0 Å². The fourth-order valence-corrected chi connectivity index (χ4v) is 10.4. The molecule has 5 nitrogen and oxygen atoms in total. The van der Waals surface area contributed by atoms with Gasteiger partial charge in [0.15, 0.2) is 10.8 Å². The average molecular weight is 611 g/mol. The fraction of sp³-hybridized carbons (Fsp3) is 0. The van der Waals surface area contributed by atoms with E-state index in [1.807, 2.05) is 91.0 Å². The summed E-state index contributed by atoms with van der Waals surface area (Å²) in [5, 5.41) is 12.2. The molecule has 5 aromatic carbocycles. The summed E-state index contributed by atoms with van der Waals surface area (Å²) in [6, 6.07) is 49.7. The van der Waals surface area contributed by atoms with Gasteiger partial charge in [0.25, 0.3) is 11.8 Å². The second-order valence-electron chi connectivity index (χ2n) is 9.88. The van der Waals surface area contributed by atoms with E-state index in [4.69, 9.17) is 0 Å². The summed E-state index contributed by atoms with van der Waals surface area (Å²) in [5.41, 5.74) is 1.45. The van der Waals surface area contributed by atoms with Crippen molar-refractivity contribution in [3.05, 3.63) is 180 Å². The zero-order chi connectivity index (χ0) is 30.2. The van der Waals surface area contributed by atoms with E-state index in [9.17, 15) is 9.59 Å². The number of nitrogens with one attached hydrogen (secondary N) is 2. The Balaban J connectivity index is 1.75. The van der Waals surface area contributed by atoms with Gasteiger partial charge in [-0.25, -0.2) is 4.98 Å². The molecular formula is C37H29N3O2PS+. The maximum atomic E-state index is 14.5. The van der Waals surface area contributed by atoms with Gasteiger partial charge in [0.2, 0.25) is 0 Å². The highest BCUT2D eigenvalue weighted by Crippen LogP contribution is 2.67. The number of benzene rings is 5. The Kier molecular flexibility index (Phi) is 8.83. The molecule has 214 valence electrons. The molecule has 2 N–H and O–H groups in total. The molecular weight excluding hydrogens is 581 g/mol. The van der Waals surface area contributed by atoms with Crippen LogP contribution in [0.4, 0.5) is 5.13 Å². The van der Waals surface area contributed by atoms with Gasteiger partial charge in [0.1, 0.15) is 28.5 Å². The maximum Gasteiger partial charge on any atom is 0.278 e. The Bertz CT molecular complexity index is 1770. The maximum absolute atomic E-state index is 14.5. The van der Waals surface area contributed by atoms with Crippen molar-refractivity contribution in [2.24, 2.45) is 0 Å². The predicted molar refractivity (Wildman–Crippen MR) is 183 cm³/mol. The molecule has 0 aliphatic heterocycles. The Morgan fingerprint density at radius 2 is 1.00 bits per heavy atom. The Morgan fingerprint density at radius 1 is 0.568 bits per heavy atom. The fourth-order valence-electron chi connectivity index (χ4n) is 5.33. The first-order chi connectivity index (χ1) is 21.7. The lowest BCUT2D eigenvalue weighted by Crippen LogP contribution is -2.37. The molecule has 0 saturated heterocycles. The number of carbonyl (C=O) groups is 2. The predicted octanol–water partition coefficient (Wildman–Crippen LogP) is 6.87. The lowest BCUT2D eigenvalue weighted by molar-refractivity contribution is -0.113. The quantitative estimate of drug-likeness (QED) is 0.139. The zero-order valence-corrected chi connectivity index (χ0v) is 25.4. The molecule has 0 bridgehead atoms. The highest BCUT2D eigenvalue weighted by atomic mass is 32.1. The van der Waals surface area contributed by atoms with Crippen LogP contribution >= 0.6 is 18.6 Å². The van der Waals surface area contributed by atoms with E-state index in [1.165, 1.54) is 11.3 Å². The van der Waals surface area contributed by atoms with Crippen molar-refractivity contribution in [2.45, 2.75) is 0 Å². The van der Waals surface area contributed by atoms with Crippen molar-refractivity contribution >= 4 is 56.8 Å². The van der Waals surface area contributed by atoms with E-state index in [1.54, 1.807) is 35.8 Å². The molecule has 0 unspecified atom stereocenters. The van der Waals surface area contributed by atoms with E-state index < -0.39 is 13.2 Å². The van der Waals surface area contributed by atoms with Crippen molar-refractivity contribution in [2.75, 3.05) is 5.32 Å². The number of nitrogens with zero attached hydrogens (tertiary/aromatic N) is 1. The molecule has 0 fully saturated rings.